The number of nitriles is 1. The largest absolute Gasteiger partial charge is 0.372 e. The van der Waals surface area contributed by atoms with Crippen LogP contribution in [0.3, 0.4) is 0 Å². The summed E-state index contributed by atoms with van der Waals surface area (Å²) in [7, 11) is 0. The Kier molecular flexibility index (Phi) is 2.75. The molecule has 1 aromatic heterocycles. The van der Waals surface area contributed by atoms with Crippen LogP contribution in [0.2, 0.25) is 0 Å². The molecule has 16 heavy (non-hydrogen) atoms. The summed E-state index contributed by atoms with van der Waals surface area (Å²) in [5.41, 5.74) is 0.207. The monoisotopic (exact) mass is 218 g/mol. The number of hydrogen-bond acceptors (Lipinski definition) is 5. The van der Waals surface area contributed by atoms with Gasteiger partial charge >= 0.3 is 0 Å². The minimum atomic E-state index is -0.190. The Balaban J connectivity index is 2.21. The zero-order chi connectivity index (χ0) is 11.6. The van der Waals surface area contributed by atoms with Gasteiger partial charge in [0.2, 0.25) is 5.95 Å². The minimum absolute atomic E-state index is 0.190. The van der Waals surface area contributed by atoms with E-state index < -0.39 is 0 Å². The molecule has 1 aliphatic rings. The molecule has 0 unspecified atom stereocenters. The number of ether oxygens (including phenoxy) is 1. The van der Waals surface area contributed by atoms with Crippen LogP contribution in [0.5, 0.6) is 0 Å². The Bertz CT molecular complexity index is 424. The molecule has 2 rings (SSSR count). The first-order chi connectivity index (χ1) is 7.61. The Hall–Kier alpha value is -1.67. The zero-order valence-electron chi connectivity index (χ0n) is 9.47. The van der Waals surface area contributed by atoms with E-state index >= 15 is 0 Å². The molecule has 0 bridgehead atoms. The number of aromatic nitrogens is 2. The summed E-state index contributed by atoms with van der Waals surface area (Å²) in [5, 5.41) is 8.78. The first-order valence-electron chi connectivity index (χ1n) is 5.23. The summed E-state index contributed by atoms with van der Waals surface area (Å²) in [6, 6.07) is 3.62. The first-order valence-corrected chi connectivity index (χ1v) is 5.23. The van der Waals surface area contributed by atoms with E-state index in [0.29, 0.717) is 18.2 Å². The standard InChI is InChI=1S/C11H14N4O/c1-11(2)8-15(5-6-16-11)10-13-4-3-9(7-12)14-10/h3-4H,5-6,8H2,1-2H3. The van der Waals surface area contributed by atoms with Gasteiger partial charge in [-0.1, -0.05) is 0 Å². The number of hydrogen-bond donors (Lipinski definition) is 0. The van der Waals surface area contributed by atoms with Gasteiger partial charge in [-0.15, -0.1) is 0 Å². The molecule has 1 saturated heterocycles. The van der Waals surface area contributed by atoms with Crippen molar-refractivity contribution < 1.29 is 4.74 Å². The number of anilines is 1. The van der Waals surface area contributed by atoms with Gasteiger partial charge in [0, 0.05) is 19.3 Å². The fourth-order valence-corrected chi connectivity index (χ4v) is 1.75. The molecular weight excluding hydrogens is 204 g/mol. The highest BCUT2D eigenvalue weighted by Crippen LogP contribution is 2.19. The topological polar surface area (TPSA) is 62.0 Å². The molecule has 1 aromatic rings. The van der Waals surface area contributed by atoms with E-state index in [9.17, 15) is 0 Å². The van der Waals surface area contributed by atoms with Crippen LogP contribution in [-0.4, -0.2) is 35.3 Å². The van der Waals surface area contributed by atoms with E-state index in [4.69, 9.17) is 10.00 Å². The highest BCUT2D eigenvalue weighted by atomic mass is 16.5. The van der Waals surface area contributed by atoms with Crippen molar-refractivity contribution >= 4 is 5.95 Å². The summed E-state index contributed by atoms with van der Waals surface area (Å²) < 4.78 is 5.61. The van der Waals surface area contributed by atoms with Crippen molar-refractivity contribution in [1.29, 1.82) is 5.26 Å². The van der Waals surface area contributed by atoms with Crippen molar-refractivity contribution in [2.75, 3.05) is 24.6 Å². The van der Waals surface area contributed by atoms with E-state index in [-0.39, 0.29) is 5.60 Å². The molecule has 5 heteroatoms. The molecule has 0 aliphatic carbocycles. The SMILES string of the molecule is CC1(C)CN(c2nccc(C#N)n2)CCO1. The van der Waals surface area contributed by atoms with E-state index in [1.165, 1.54) is 0 Å². The number of nitrogens with zero attached hydrogens (tertiary/aromatic N) is 4. The van der Waals surface area contributed by atoms with Gasteiger partial charge in [-0.3, -0.25) is 0 Å². The van der Waals surface area contributed by atoms with Crippen LogP contribution < -0.4 is 4.90 Å². The highest BCUT2D eigenvalue weighted by Gasteiger charge is 2.28. The number of morpholine rings is 1. The Morgan fingerprint density at radius 2 is 2.38 bits per heavy atom. The Labute approximate surface area is 94.7 Å². The van der Waals surface area contributed by atoms with Crippen molar-refractivity contribution in [2.24, 2.45) is 0 Å². The summed E-state index contributed by atoms with van der Waals surface area (Å²) in [4.78, 5) is 10.4. The van der Waals surface area contributed by atoms with Crippen LogP contribution in [0.1, 0.15) is 19.5 Å². The average Bonchev–Trinajstić information content (AvgIpc) is 2.28. The van der Waals surface area contributed by atoms with Crippen molar-refractivity contribution in [3.63, 3.8) is 0 Å². The predicted molar refractivity (Wildman–Crippen MR) is 59.0 cm³/mol. The predicted octanol–water partition coefficient (Wildman–Crippen LogP) is 0.963. The second kappa shape index (κ2) is 4.06. The zero-order valence-corrected chi connectivity index (χ0v) is 9.47. The molecule has 0 atom stereocenters. The molecule has 84 valence electrons. The lowest BCUT2D eigenvalue weighted by Crippen LogP contribution is -2.49. The molecule has 0 N–H and O–H groups in total. The first kappa shape index (κ1) is 10.8. The maximum absolute atomic E-state index is 8.78. The lowest BCUT2D eigenvalue weighted by molar-refractivity contribution is -0.0281. The normalized spacial score (nSPS) is 19.2. The fourth-order valence-electron chi connectivity index (χ4n) is 1.75. The molecule has 0 spiro atoms. The van der Waals surface area contributed by atoms with E-state index in [1.54, 1.807) is 12.3 Å². The molecule has 2 heterocycles. The summed E-state index contributed by atoms with van der Waals surface area (Å²) in [5.74, 6) is 0.607. The average molecular weight is 218 g/mol. The van der Waals surface area contributed by atoms with Gasteiger partial charge in [-0.2, -0.15) is 5.26 Å². The third kappa shape index (κ3) is 2.28. The van der Waals surface area contributed by atoms with Crippen LogP contribution in [0.25, 0.3) is 0 Å². The smallest absolute Gasteiger partial charge is 0.226 e. The minimum Gasteiger partial charge on any atom is -0.372 e. The van der Waals surface area contributed by atoms with E-state index in [2.05, 4.69) is 9.97 Å². The maximum atomic E-state index is 8.78. The Morgan fingerprint density at radius 1 is 1.56 bits per heavy atom. The third-order valence-electron chi connectivity index (χ3n) is 2.47. The molecule has 0 aromatic carbocycles. The quantitative estimate of drug-likeness (QED) is 0.702. The number of rotatable bonds is 1. The highest BCUT2D eigenvalue weighted by molar-refractivity contribution is 5.34. The van der Waals surface area contributed by atoms with Crippen LogP contribution in [-0.2, 0) is 4.74 Å². The van der Waals surface area contributed by atoms with Gasteiger partial charge in [0.05, 0.1) is 12.2 Å². The van der Waals surface area contributed by atoms with Gasteiger partial charge in [0.25, 0.3) is 0 Å². The van der Waals surface area contributed by atoms with Gasteiger partial charge in [0.15, 0.2) is 0 Å². The van der Waals surface area contributed by atoms with Gasteiger partial charge in [-0.05, 0) is 19.9 Å². The van der Waals surface area contributed by atoms with Crippen molar-refractivity contribution in [3.05, 3.63) is 18.0 Å². The molecule has 0 amide bonds. The van der Waals surface area contributed by atoms with Gasteiger partial charge in [-0.25, -0.2) is 9.97 Å². The maximum Gasteiger partial charge on any atom is 0.226 e. The van der Waals surface area contributed by atoms with Crippen molar-refractivity contribution in [3.8, 4) is 6.07 Å². The van der Waals surface area contributed by atoms with Crippen LogP contribution in [0.4, 0.5) is 5.95 Å². The molecule has 0 saturated carbocycles. The lowest BCUT2D eigenvalue weighted by atomic mass is 10.1. The van der Waals surface area contributed by atoms with E-state index in [1.807, 2.05) is 24.8 Å². The molecular formula is C11H14N4O. The van der Waals surface area contributed by atoms with Crippen molar-refractivity contribution in [2.45, 2.75) is 19.4 Å². The molecule has 0 radical (unpaired) electrons. The summed E-state index contributed by atoms with van der Waals surface area (Å²) >= 11 is 0. The second-order valence-electron chi connectivity index (χ2n) is 4.38. The molecule has 1 aliphatic heterocycles. The van der Waals surface area contributed by atoms with Crippen LogP contribution in [0.15, 0.2) is 12.3 Å². The van der Waals surface area contributed by atoms with Crippen LogP contribution in [0, 0.1) is 11.3 Å². The third-order valence-corrected chi connectivity index (χ3v) is 2.47. The van der Waals surface area contributed by atoms with Gasteiger partial charge in [0.1, 0.15) is 11.8 Å². The molecule has 1 fully saturated rings. The fraction of sp³-hybridized carbons (Fsp3) is 0.545. The van der Waals surface area contributed by atoms with E-state index in [0.717, 1.165) is 13.1 Å². The lowest BCUT2D eigenvalue weighted by Gasteiger charge is -2.38. The van der Waals surface area contributed by atoms with Crippen LogP contribution >= 0.6 is 0 Å². The van der Waals surface area contributed by atoms with Gasteiger partial charge < -0.3 is 9.64 Å². The molecule has 5 nitrogen and oxygen atoms in total. The summed E-state index contributed by atoms with van der Waals surface area (Å²) in [6.07, 6.45) is 1.61. The van der Waals surface area contributed by atoms with Crippen molar-refractivity contribution in [1.82, 2.24) is 9.97 Å². The second-order valence-corrected chi connectivity index (χ2v) is 4.38. The Morgan fingerprint density at radius 3 is 3.06 bits per heavy atom. The summed E-state index contributed by atoms with van der Waals surface area (Å²) in [6.45, 7) is 6.23.